The summed E-state index contributed by atoms with van der Waals surface area (Å²) < 4.78 is 0.194. The van der Waals surface area contributed by atoms with Gasteiger partial charge < -0.3 is 12.3 Å². The van der Waals surface area contributed by atoms with Crippen molar-refractivity contribution in [3.63, 3.8) is 0 Å². The van der Waals surface area contributed by atoms with Crippen molar-refractivity contribution in [2.75, 3.05) is 0 Å². The maximum atomic E-state index is 9.00. The summed E-state index contributed by atoms with van der Waals surface area (Å²) in [4.78, 5) is 9.00. The second kappa shape index (κ2) is 12.1. The van der Waals surface area contributed by atoms with Crippen molar-refractivity contribution in [2.24, 2.45) is 5.73 Å². The molecule has 0 heterocycles. The third kappa shape index (κ3) is 278. The topological polar surface area (TPSA) is 63.3 Å². The Morgan fingerprint density at radius 1 is 1.89 bits per heavy atom. The molecule has 0 radical (unpaired) electrons. The van der Waals surface area contributed by atoms with Gasteiger partial charge in [0.2, 0.25) is 0 Å². The Kier molecular flexibility index (Phi) is 22.4. The van der Waals surface area contributed by atoms with E-state index in [1.807, 2.05) is 0 Å². The van der Waals surface area contributed by atoms with Crippen molar-refractivity contribution in [3.8, 4) is 0 Å². The molecule has 0 aliphatic carbocycles. The predicted octanol–water partition coefficient (Wildman–Crippen LogP) is -2.63. The molecule has 3 nitrogen and oxygen atoms in total. The standard InChI is InChI=1S/C2H4O2.CH3NS2.K.H/c1-2(3)4;2-1(3)4;;/h1H3,(H,3,4);(H3,2,3,4);;/q;;+1;-1. The Bertz CT molecular complexity index is 82.5. The molecule has 0 rings (SSSR count). The number of thiol groups is 1. The predicted molar refractivity (Wildman–Crippen MR) is 40.2 cm³/mol. The van der Waals surface area contributed by atoms with Gasteiger partial charge in [-0.05, 0) is 0 Å². The van der Waals surface area contributed by atoms with E-state index in [0.29, 0.717) is 0 Å². The SMILES string of the molecule is CC(=O)O.NC(=S)S.[H-].[K+]. The smallest absolute Gasteiger partial charge is 1.00 e. The van der Waals surface area contributed by atoms with Crippen LogP contribution in [0.1, 0.15) is 8.35 Å². The Balaban J connectivity index is -0.0000000300. The summed E-state index contributed by atoms with van der Waals surface area (Å²) in [6.45, 7) is 1.08. The fourth-order valence-corrected chi connectivity index (χ4v) is 0. The number of nitrogens with two attached hydrogens (primary N) is 1. The van der Waals surface area contributed by atoms with Crippen molar-refractivity contribution in [1.82, 2.24) is 0 Å². The first-order valence-corrected chi connectivity index (χ1v) is 2.50. The number of carboxylic acids is 1. The van der Waals surface area contributed by atoms with E-state index in [1.54, 1.807) is 0 Å². The molecule has 0 bridgehead atoms. The van der Waals surface area contributed by atoms with Gasteiger partial charge in [0.05, 0.1) is 0 Å². The maximum Gasteiger partial charge on any atom is 1.00 e. The fraction of sp³-hybridized carbons (Fsp3) is 0.333. The molecular weight excluding hydrogens is 185 g/mol. The zero-order valence-electron chi connectivity index (χ0n) is 6.29. The maximum absolute atomic E-state index is 9.00. The van der Waals surface area contributed by atoms with Crippen LogP contribution in [-0.4, -0.2) is 15.4 Å². The van der Waals surface area contributed by atoms with Crippen LogP contribution in [0.4, 0.5) is 0 Å². The monoisotopic (exact) mass is 193 g/mol. The Morgan fingerprint density at radius 3 is 1.89 bits per heavy atom. The summed E-state index contributed by atoms with van der Waals surface area (Å²) in [5.74, 6) is -0.833. The quantitative estimate of drug-likeness (QED) is 0.224. The summed E-state index contributed by atoms with van der Waals surface area (Å²) in [5.41, 5.74) is 4.71. The van der Waals surface area contributed by atoms with E-state index in [2.05, 4.69) is 24.8 Å². The zero-order chi connectivity index (χ0) is 7.15. The molecule has 50 valence electrons. The van der Waals surface area contributed by atoms with Crippen molar-refractivity contribution < 1.29 is 62.7 Å². The van der Waals surface area contributed by atoms with Crippen molar-refractivity contribution >= 4 is 35.1 Å². The molecule has 0 spiro atoms. The Hall–Kier alpha value is 1.35. The average Bonchev–Trinajstić information content (AvgIpc) is 1.25. The van der Waals surface area contributed by atoms with Gasteiger partial charge in [0.25, 0.3) is 5.97 Å². The molecule has 0 aliphatic heterocycles. The normalized spacial score (nSPS) is 5.56. The van der Waals surface area contributed by atoms with E-state index < -0.39 is 5.97 Å². The van der Waals surface area contributed by atoms with Gasteiger partial charge in [-0.2, -0.15) is 0 Å². The van der Waals surface area contributed by atoms with Crippen LogP contribution in [-0.2, 0) is 4.79 Å². The number of thiocarbonyl (C=S) groups is 1. The van der Waals surface area contributed by atoms with Crippen LogP contribution < -0.4 is 57.1 Å². The van der Waals surface area contributed by atoms with Gasteiger partial charge in [0.15, 0.2) is 0 Å². The van der Waals surface area contributed by atoms with E-state index >= 15 is 0 Å². The molecule has 0 aromatic carbocycles. The first-order chi connectivity index (χ1) is 3.46. The van der Waals surface area contributed by atoms with Gasteiger partial charge in [-0.25, -0.2) is 0 Å². The molecule has 6 heteroatoms. The number of rotatable bonds is 0. The second-order valence-electron chi connectivity index (χ2n) is 0.857. The van der Waals surface area contributed by atoms with Gasteiger partial charge >= 0.3 is 51.4 Å². The third-order valence-corrected chi connectivity index (χ3v) is 0. The average molecular weight is 193 g/mol. The van der Waals surface area contributed by atoms with Crippen LogP contribution in [0.3, 0.4) is 0 Å². The van der Waals surface area contributed by atoms with E-state index in [1.165, 1.54) is 0 Å². The van der Waals surface area contributed by atoms with Crippen LogP contribution in [0, 0.1) is 0 Å². The van der Waals surface area contributed by atoms with E-state index in [4.69, 9.17) is 15.6 Å². The molecule has 0 aromatic heterocycles. The molecule has 0 aromatic rings. The molecular formula is C3H8KNO2S2. The fourth-order valence-electron chi connectivity index (χ4n) is 0. The summed E-state index contributed by atoms with van der Waals surface area (Å²) >= 11 is 7.65. The molecule has 0 unspecified atom stereocenters. The van der Waals surface area contributed by atoms with E-state index in [0.717, 1.165) is 6.92 Å². The minimum Gasteiger partial charge on any atom is -1.00 e. The number of carbonyl (C=O) groups is 1. The molecule has 9 heavy (non-hydrogen) atoms. The minimum atomic E-state index is -0.833. The van der Waals surface area contributed by atoms with Crippen LogP contribution in [0.2, 0.25) is 0 Å². The Morgan fingerprint density at radius 2 is 1.89 bits per heavy atom. The molecule has 0 atom stereocenters. The number of carboxylic acid groups (broad SMARTS) is 1. The summed E-state index contributed by atoms with van der Waals surface area (Å²) in [7, 11) is 0. The van der Waals surface area contributed by atoms with E-state index in [-0.39, 0.29) is 57.1 Å². The van der Waals surface area contributed by atoms with Crippen molar-refractivity contribution in [2.45, 2.75) is 6.92 Å². The molecule has 3 N–H and O–H groups in total. The zero-order valence-corrected chi connectivity index (χ0v) is 10.1. The van der Waals surface area contributed by atoms with Crippen LogP contribution >= 0.6 is 24.8 Å². The first-order valence-electron chi connectivity index (χ1n) is 1.64. The Labute approximate surface area is 109 Å². The van der Waals surface area contributed by atoms with Gasteiger partial charge in [-0.15, -0.1) is 12.6 Å². The van der Waals surface area contributed by atoms with Gasteiger partial charge in [0.1, 0.15) is 4.32 Å². The van der Waals surface area contributed by atoms with Gasteiger partial charge in [0, 0.05) is 6.92 Å². The minimum absolute atomic E-state index is 0. The molecule has 0 saturated heterocycles. The van der Waals surface area contributed by atoms with Gasteiger partial charge in [-0.1, -0.05) is 12.2 Å². The molecule has 0 amide bonds. The van der Waals surface area contributed by atoms with Crippen LogP contribution in [0.5, 0.6) is 0 Å². The summed E-state index contributed by atoms with van der Waals surface area (Å²) in [6, 6.07) is 0. The number of aliphatic carboxylic acids is 1. The third-order valence-electron chi connectivity index (χ3n) is 0. The number of hydrogen-bond acceptors (Lipinski definition) is 2. The summed E-state index contributed by atoms with van der Waals surface area (Å²) in [6.07, 6.45) is 0. The molecule has 0 saturated carbocycles. The summed E-state index contributed by atoms with van der Waals surface area (Å²) in [5, 5.41) is 7.42. The molecule has 0 aliphatic rings. The van der Waals surface area contributed by atoms with Crippen LogP contribution in [0.25, 0.3) is 0 Å². The van der Waals surface area contributed by atoms with E-state index in [9.17, 15) is 0 Å². The van der Waals surface area contributed by atoms with Gasteiger partial charge in [-0.3, -0.25) is 4.79 Å². The van der Waals surface area contributed by atoms with Crippen LogP contribution in [0.15, 0.2) is 0 Å². The van der Waals surface area contributed by atoms with Crippen molar-refractivity contribution in [3.05, 3.63) is 0 Å². The first kappa shape index (κ1) is 16.7. The number of hydrogen-bond donors (Lipinski definition) is 3. The molecule has 0 fully saturated rings. The largest absolute Gasteiger partial charge is 1.00 e. The van der Waals surface area contributed by atoms with Crippen molar-refractivity contribution in [1.29, 1.82) is 0 Å². The second-order valence-corrected chi connectivity index (χ2v) is 2.08.